The van der Waals surface area contributed by atoms with Crippen molar-refractivity contribution in [3.05, 3.63) is 24.3 Å². The zero-order valence-electron chi connectivity index (χ0n) is 29.2. The maximum atomic E-state index is 12.6. The highest BCUT2D eigenvalue weighted by molar-refractivity contribution is 5.83. The SMILES string of the molecule is CCC/C=C\C/C=C\C(CCCCCCC(=O)NC(CCCN)C(=O)O)OC(=O)CCCCCCCCCCCCCCCC. The van der Waals surface area contributed by atoms with Crippen LogP contribution in [0.15, 0.2) is 24.3 Å². The Morgan fingerprint density at radius 2 is 1.22 bits per heavy atom. The fraction of sp³-hybridized carbons (Fsp3) is 0.816. The van der Waals surface area contributed by atoms with Crippen LogP contribution in [0.2, 0.25) is 0 Å². The van der Waals surface area contributed by atoms with Crippen molar-refractivity contribution in [2.75, 3.05) is 6.54 Å². The highest BCUT2D eigenvalue weighted by Gasteiger charge is 2.19. The minimum atomic E-state index is -1.02. The predicted molar refractivity (Wildman–Crippen MR) is 188 cm³/mol. The molecule has 0 saturated heterocycles. The summed E-state index contributed by atoms with van der Waals surface area (Å²) >= 11 is 0. The average Bonchev–Trinajstić information content (AvgIpc) is 3.02. The molecular formula is C38H70N2O5. The molecule has 4 N–H and O–H groups in total. The summed E-state index contributed by atoms with van der Waals surface area (Å²) in [5.41, 5.74) is 5.46. The van der Waals surface area contributed by atoms with E-state index in [0.717, 1.165) is 57.8 Å². The van der Waals surface area contributed by atoms with Crippen molar-refractivity contribution in [2.45, 2.75) is 193 Å². The van der Waals surface area contributed by atoms with Gasteiger partial charge in [-0.25, -0.2) is 4.79 Å². The van der Waals surface area contributed by atoms with E-state index >= 15 is 0 Å². The van der Waals surface area contributed by atoms with Gasteiger partial charge < -0.3 is 20.9 Å². The van der Waals surface area contributed by atoms with E-state index in [2.05, 4.69) is 37.4 Å². The smallest absolute Gasteiger partial charge is 0.326 e. The quantitative estimate of drug-likeness (QED) is 0.0376. The number of carbonyl (C=O) groups excluding carboxylic acids is 2. The van der Waals surface area contributed by atoms with Gasteiger partial charge in [0.05, 0.1) is 0 Å². The molecule has 0 heterocycles. The Balaban J connectivity index is 4.22. The highest BCUT2D eigenvalue weighted by Crippen LogP contribution is 2.16. The lowest BCUT2D eigenvalue weighted by molar-refractivity contribution is -0.147. The van der Waals surface area contributed by atoms with Gasteiger partial charge in [-0.05, 0) is 64.0 Å². The number of carboxylic acids is 1. The molecule has 262 valence electrons. The van der Waals surface area contributed by atoms with Crippen LogP contribution in [0.3, 0.4) is 0 Å². The van der Waals surface area contributed by atoms with Crippen LogP contribution in [0, 0.1) is 0 Å². The largest absolute Gasteiger partial charge is 0.480 e. The number of allylic oxidation sites excluding steroid dienone is 3. The number of carboxylic acid groups (broad SMARTS) is 1. The van der Waals surface area contributed by atoms with Gasteiger partial charge in [-0.3, -0.25) is 9.59 Å². The Morgan fingerprint density at radius 3 is 1.78 bits per heavy atom. The van der Waals surface area contributed by atoms with E-state index in [9.17, 15) is 19.5 Å². The third-order valence-corrected chi connectivity index (χ3v) is 8.23. The number of aliphatic carboxylic acids is 1. The average molecular weight is 635 g/mol. The van der Waals surface area contributed by atoms with Gasteiger partial charge in [-0.2, -0.15) is 0 Å². The highest BCUT2D eigenvalue weighted by atomic mass is 16.5. The van der Waals surface area contributed by atoms with E-state index in [1.54, 1.807) is 0 Å². The lowest BCUT2D eigenvalue weighted by atomic mass is 10.0. The van der Waals surface area contributed by atoms with Crippen LogP contribution in [0.5, 0.6) is 0 Å². The molecule has 7 heteroatoms. The summed E-state index contributed by atoms with van der Waals surface area (Å²) in [6.07, 6.45) is 35.3. The summed E-state index contributed by atoms with van der Waals surface area (Å²) in [6, 6.07) is -0.871. The molecule has 45 heavy (non-hydrogen) atoms. The van der Waals surface area contributed by atoms with Gasteiger partial charge in [0.15, 0.2) is 0 Å². The molecule has 0 aliphatic heterocycles. The first-order valence-electron chi connectivity index (χ1n) is 18.7. The normalized spacial score (nSPS) is 13.0. The Labute approximate surface area is 276 Å². The van der Waals surface area contributed by atoms with Crippen molar-refractivity contribution in [3.63, 3.8) is 0 Å². The van der Waals surface area contributed by atoms with Crippen LogP contribution >= 0.6 is 0 Å². The fourth-order valence-corrected chi connectivity index (χ4v) is 5.41. The molecule has 0 rings (SSSR count). The molecule has 0 aromatic carbocycles. The lowest BCUT2D eigenvalue weighted by Crippen LogP contribution is -2.40. The summed E-state index contributed by atoms with van der Waals surface area (Å²) in [7, 11) is 0. The van der Waals surface area contributed by atoms with Crippen molar-refractivity contribution in [3.8, 4) is 0 Å². The van der Waals surface area contributed by atoms with E-state index in [1.165, 1.54) is 77.0 Å². The molecule has 0 fully saturated rings. The standard InChI is InChI=1S/C38H70N2O5/c1-3-5-7-9-11-12-13-14-15-16-17-18-20-26-32-37(42)45-34(28-23-19-10-8-6-4-2)29-24-21-22-25-31-36(41)40-35(38(43)44)30-27-33-39/h8,10,23,28,34-35H,3-7,9,11-22,24-27,29-33,39H2,1-2H3,(H,40,41)(H,43,44)/b10-8-,28-23-. The van der Waals surface area contributed by atoms with Gasteiger partial charge in [-0.15, -0.1) is 0 Å². The van der Waals surface area contributed by atoms with Crippen molar-refractivity contribution < 1.29 is 24.2 Å². The third-order valence-electron chi connectivity index (χ3n) is 8.23. The first-order chi connectivity index (χ1) is 21.9. The van der Waals surface area contributed by atoms with Crippen LogP contribution in [0.25, 0.3) is 0 Å². The van der Waals surface area contributed by atoms with Gasteiger partial charge >= 0.3 is 11.9 Å². The van der Waals surface area contributed by atoms with Crippen LogP contribution in [0.4, 0.5) is 0 Å². The van der Waals surface area contributed by atoms with Crippen molar-refractivity contribution >= 4 is 17.8 Å². The minimum absolute atomic E-state index is 0.107. The van der Waals surface area contributed by atoms with Crippen molar-refractivity contribution in [1.29, 1.82) is 0 Å². The van der Waals surface area contributed by atoms with Crippen molar-refractivity contribution in [1.82, 2.24) is 5.32 Å². The summed E-state index contributed by atoms with van der Waals surface area (Å²) in [4.78, 5) is 36.1. The minimum Gasteiger partial charge on any atom is -0.480 e. The Morgan fingerprint density at radius 1 is 0.667 bits per heavy atom. The fourth-order valence-electron chi connectivity index (χ4n) is 5.41. The van der Waals surface area contributed by atoms with Gasteiger partial charge in [0, 0.05) is 12.8 Å². The second-order valence-corrected chi connectivity index (χ2v) is 12.6. The van der Waals surface area contributed by atoms with E-state index in [0.29, 0.717) is 38.6 Å². The maximum Gasteiger partial charge on any atom is 0.326 e. The molecule has 0 radical (unpaired) electrons. The van der Waals surface area contributed by atoms with E-state index in [-0.39, 0.29) is 18.0 Å². The number of hydrogen-bond acceptors (Lipinski definition) is 5. The number of nitrogens with one attached hydrogen (secondary N) is 1. The molecule has 1 amide bonds. The van der Waals surface area contributed by atoms with Gasteiger partial charge in [0.2, 0.25) is 5.91 Å². The maximum absolute atomic E-state index is 12.6. The lowest BCUT2D eigenvalue weighted by Gasteiger charge is -2.15. The topological polar surface area (TPSA) is 119 Å². The van der Waals surface area contributed by atoms with Gasteiger partial charge in [-0.1, -0.05) is 135 Å². The Bertz CT molecular complexity index is 767. The Kier molecular flexibility index (Phi) is 31.6. The monoisotopic (exact) mass is 635 g/mol. The molecule has 0 aliphatic rings. The summed E-state index contributed by atoms with van der Waals surface area (Å²) in [5, 5.41) is 11.9. The van der Waals surface area contributed by atoms with Gasteiger partial charge in [0.1, 0.15) is 12.1 Å². The second-order valence-electron chi connectivity index (χ2n) is 12.6. The number of esters is 1. The van der Waals surface area contributed by atoms with Crippen LogP contribution in [-0.4, -0.2) is 41.6 Å². The van der Waals surface area contributed by atoms with Crippen LogP contribution < -0.4 is 11.1 Å². The number of nitrogens with two attached hydrogens (primary N) is 1. The molecule has 0 aromatic heterocycles. The van der Waals surface area contributed by atoms with E-state index in [1.807, 2.05) is 6.08 Å². The second kappa shape index (κ2) is 33.2. The number of amides is 1. The van der Waals surface area contributed by atoms with Crippen LogP contribution in [0.1, 0.15) is 181 Å². The molecule has 0 spiro atoms. The number of ether oxygens (including phenoxy) is 1. The molecule has 0 aliphatic carbocycles. The van der Waals surface area contributed by atoms with E-state index in [4.69, 9.17) is 10.5 Å². The zero-order valence-corrected chi connectivity index (χ0v) is 29.2. The van der Waals surface area contributed by atoms with E-state index < -0.39 is 12.0 Å². The van der Waals surface area contributed by atoms with Gasteiger partial charge in [0.25, 0.3) is 0 Å². The molecule has 0 aromatic rings. The predicted octanol–water partition coefficient (Wildman–Crippen LogP) is 9.72. The summed E-state index contributed by atoms with van der Waals surface area (Å²) in [6.45, 7) is 4.83. The Hall–Kier alpha value is -2.15. The van der Waals surface area contributed by atoms with Crippen molar-refractivity contribution in [2.24, 2.45) is 5.73 Å². The van der Waals surface area contributed by atoms with Crippen LogP contribution in [-0.2, 0) is 19.1 Å². The molecular weight excluding hydrogens is 564 g/mol. The molecule has 0 saturated carbocycles. The number of hydrogen-bond donors (Lipinski definition) is 3. The third kappa shape index (κ3) is 30.3. The number of unbranched alkanes of at least 4 members (excludes halogenated alkanes) is 17. The zero-order chi connectivity index (χ0) is 33.2. The first kappa shape index (κ1) is 42.9. The molecule has 7 nitrogen and oxygen atoms in total. The number of rotatable bonds is 33. The molecule has 2 unspecified atom stereocenters. The first-order valence-corrected chi connectivity index (χ1v) is 18.7. The number of carbonyl (C=O) groups is 3. The summed E-state index contributed by atoms with van der Waals surface area (Å²) in [5.74, 6) is -1.35. The summed E-state index contributed by atoms with van der Waals surface area (Å²) < 4.78 is 5.86. The molecule has 2 atom stereocenters. The molecule has 0 bridgehead atoms.